The number of likely N-dealkylation sites (tertiary alicyclic amines) is 1. The summed E-state index contributed by atoms with van der Waals surface area (Å²) in [4.78, 5) is 13.3. The molecule has 0 N–H and O–H groups in total. The number of anilines is 1. The summed E-state index contributed by atoms with van der Waals surface area (Å²) in [5.41, 5.74) is 2.92. The molecule has 1 saturated heterocycles. The fourth-order valence-corrected chi connectivity index (χ4v) is 4.00. The molecule has 0 aliphatic carbocycles. The molecule has 128 valence electrons. The summed E-state index contributed by atoms with van der Waals surface area (Å²) in [6, 6.07) is 2.56. The fourth-order valence-electron chi connectivity index (χ4n) is 4.00. The number of rotatable bonds is 4. The van der Waals surface area contributed by atoms with Gasteiger partial charge in [0.2, 0.25) is 0 Å². The molecule has 4 rings (SSSR count). The molecule has 0 radical (unpaired) electrons. The summed E-state index contributed by atoms with van der Waals surface area (Å²) in [5, 5.41) is 4.57. The second kappa shape index (κ2) is 6.89. The quantitative estimate of drug-likeness (QED) is 0.861. The van der Waals surface area contributed by atoms with E-state index in [1.807, 2.05) is 12.3 Å². The van der Waals surface area contributed by atoms with Crippen LogP contribution in [0.1, 0.15) is 36.9 Å². The maximum Gasteiger partial charge on any atom is 0.131 e. The van der Waals surface area contributed by atoms with Gasteiger partial charge < -0.3 is 4.90 Å². The van der Waals surface area contributed by atoms with Crippen molar-refractivity contribution in [2.75, 3.05) is 25.0 Å². The average Bonchev–Trinajstić information content (AvgIpc) is 3.06. The van der Waals surface area contributed by atoms with Crippen molar-refractivity contribution in [3.05, 3.63) is 36.0 Å². The van der Waals surface area contributed by atoms with Crippen molar-refractivity contribution in [1.82, 2.24) is 24.6 Å². The van der Waals surface area contributed by atoms with Crippen molar-refractivity contribution >= 4 is 5.82 Å². The molecule has 2 aliphatic rings. The van der Waals surface area contributed by atoms with Crippen LogP contribution < -0.4 is 4.90 Å². The van der Waals surface area contributed by atoms with E-state index < -0.39 is 0 Å². The molecule has 2 aromatic rings. The standard InChI is InChI=1S/C18H26N6/c1-22(18-5-8-19-14-20-18)16-6-10-23(11-7-16)13-15-12-21-24-9-3-2-4-17(15)24/h5,8,12,14,16H,2-4,6-7,9-11,13H2,1H3. The van der Waals surface area contributed by atoms with E-state index in [0.29, 0.717) is 6.04 Å². The van der Waals surface area contributed by atoms with Gasteiger partial charge in [-0.25, -0.2) is 9.97 Å². The molecular weight excluding hydrogens is 300 g/mol. The minimum atomic E-state index is 0.567. The van der Waals surface area contributed by atoms with Gasteiger partial charge in [0.1, 0.15) is 12.1 Å². The van der Waals surface area contributed by atoms with Crippen LogP contribution in [0.4, 0.5) is 5.82 Å². The number of piperidine rings is 1. The fraction of sp³-hybridized carbons (Fsp3) is 0.611. The van der Waals surface area contributed by atoms with Crippen LogP contribution in [0.3, 0.4) is 0 Å². The zero-order chi connectivity index (χ0) is 16.4. The van der Waals surface area contributed by atoms with Crippen LogP contribution in [0.5, 0.6) is 0 Å². The van der Waals surface area contributed by atoms with E-state index in [-0.39, 0.29) is 0 Å². The molecule has 0 atom stereocenters. The van der Waals surface area contributed by atoms with Crippen LogP contribution in [0.2, 0.25) is 0 Å². The number of hydrogen-bond donors (Lipinski definition) is 0. The van der Waals surface area contributed by atoms with Crippen LogP contribution in [-0.2, 0) is 19.5 Å². The lowest BCUT2D eigenvalue weighted by Crippen LogP contribution is -2.43. The minimum absolute atomic E-state index is 0.567. The number of fused-ring (bicyclic) bond motifs is 1. The molecule has 0 amide bonds. The van der Waals surface area contributed by atoms with E-state index in [1.54, 1.807) is 6.33 Å². The van der Waals surface area contributed by atoms with Crippen LogP contribution in [-0.4, -0.2) is 50.8 Å². The van der Waals surface area contributed by atoms with Gasteiger partial charge in [0, 0.05) is 56.7 Å². The molecular formula is C18H26N6. The third-order valence-electron chi connectivity index (χ3n) is 5.50. The van der Waals surface area contributed by atoms with Crippen LogP contribution >= 0.6 is 0 Å². The summed E-state index contributed by atoms with van der Waals surface area (Å²) >= 11 is 0. The van der Waals surface area contributed by atoms with Crippen molar-refractivity contribution in [1.29, 1.82) is 0 Å². The van der Waals surface area contributed by atoms with Gasteiger partial charge in [-0.15, -0.1) is 0 Å². The lowest BCUT2D eigenvalue weighted by molar-refractivity contribution is 0.202. The first-order valence-electron chi connectivity index (χ1n) is 9.06. The van der Waals surface area contributed by atoms with Crippen LogP contribution in [0.15, 0.2) is 24.8 Å². The van der Waals surface area contributed by atoms with Gasteiger partial charge in [0.05, 0.1) is 6.20 Å². The Morgan fingerprint density at radius 2 is 2.08 bits per heavy atom. The highest BCUT2D eigenvalue weighted by Gasteiger charge is 2.24. The van der Waals surface area contributed by atoms with Crippen LogP contribution in [0.25, 0.3) is 0 Å². The molecule has 0 spiro atoms. The van der Waals surface area contributed by atoms with Crippen molar-refractivity contribution in [3.8, 4) is 0 Å². The van der Waals surface area contributed by atoms with Gasteiger partial charge in [0.15, 0.2) is 0 Å². The SMILES string of the molecule is CN(c1ccncn1)C1CCN(Cc2cnn3c2CCCC3)CC1. The second-order valence-electron chi connectivity index (χ2n) is 6.98. The van der Waals surface area contributed by atoms with E-state index in [4.69, 9.17) is 0 Å². The monoisotopic (exact) mass is 326 g/mol. The smallest absolute Gasteiger partial charge is 0.131 e. The maximum absolute atomic E-state index is 4.57. The van der Waals surface area contributed by atoms with E-state index in [1.165, 1.54) is 43.4 Å². The number of nitrogens with zero attached hydrogens (tertiary/aromatic N) is 6. The van der Waals surface area contributed by atoms with Crippen molar-refractivity contribution in [2.45, 2.75) is 51.2 Å². The first-order valence-corrected chi connectivity index (χ1v) is 9.06. The van der Waals surface area contributed by atoms with Crippen molar-refractivity contribution in [3.63, 3.8) is 0 Å². The lowest BCUT2D eigenvalue weighted by atomic mass is 10.0. The van der Waals surface area contributed by atoms with Crippen LogP contribution in [0, 0.1) is 0 Å². The Morgan fingerprint density at radius 1 is 1.21 bits per heavy atom. The molecule has 24 heavy (non-hydrogen) atoms. The molecule has 0 bridgehead atoms. The van der Waals surface area contributed by atoms with Gasteiger partial charge in [-0.3, -0.25) is 9.58 Å². The Balaban J connectivity index is 1.34. The van der Waals surface area contributed by atoms with E-state index in [9.17, 15) is 0 Å². The highest BCUT2D eigenvalue weighted by atomic mass is 15.3. The molecule has 0 unspecified atom stereocenters. The topological polar surface area (TPSA) is 50.1 Å². The Morgan fingerprint density at radius 3 is 2.88 bits per heavy atom. The lowest BCUT2D eigenvalue weighted by Gasteiger charge is -2.37. The van der Waals surface area contributed by atoms with Gasteiger partial charge >= 0.3 is 0 Å². The first-order chi connectivity index (χ1) is 11.8. The summed E-state index contributed by atoms with van der Waals surface area (Å²) in [6.45, 7) is 4.44. The minimum Gasteiger partial charge on any atom is -0.356 e. The summed E-state index contributed by atoms with van der Waals surface area (Å²) < 4.78 is 2.22. The van der Waals surface area contributed by atoms with E-state index in [0.717, 1.165) is 32.0 Å². The normalized spacial score (nSPS) is 19.2. The first kappa shape index (κ1) is 15.6. The summed E-state index contributed by atoms with van der Waals surface area (Å²) in [6.07, 6.45) is 11.7. The Kier molecular flexibility index (Phi) is 4.47. The average molecular weight is 326 g/mol. The zero-order valence-corrected chi connectivity index (χ0v) is 14.4. The molecule has 0 aromatic carbocycles. The maximum atomic E-state index is 4.57. The van der Waals surface area contributed by atoms with Gasteiger partial charge in [-0.05, 0) is 38.2 Å². The largest absolute Gasteiger partial charge is 0.356 e. The molecule has 6 nitrogen and oxygen atoms in total. The third kappa shape index (κ3) is 3.15. The number of aryl methyl sites for hydroxylation is 1. The van der Waals surface area contributed by atoms with Crippen molar-refractivity contribution in [2.24, 2.45) is 0 Å². The number of aromatic nitrogens is 4. The second-order valence-corrected chi connectivity index (χ2v) is 6.98. The van der Waals surface area contributed by atoms with Gasteiger partial charge in [-0.1, -0.05) is 0 Å². The van der Waals surface area contributed by atoms with E-state index in [2.05, 4.69) is 42.8 Å². The molecule has 4 heterocycles. The summed E-state index contributed by atoms with van der Waals surface area (Å²) in [7, 11) is 2.15. The molecule has 6 heteroatoms. The Hall–Kier alpha value is -1.95. The molecule has 0 saturated carbocycles. The summed E-state index contributed by atoms with van der Waals surface area (Å²) in [5.74, 6) is 1.02. The Bertz CT molecular complexity index is 659. The molecule has 2 aromatic heterocycles. The molecule has 2 aliphatic heterocycles. The van der Waals surface area contributed by atoms with E-state index >= 15 is 0 Å². The Labute approximate surface area is 143 Å². The predicted octanol–water partition coefficient (Wildman–Crippen LogP) is 2.11. The third-order valence-corrected chi connectivity index (χ3v) is 5.50. The van der Waals surface area contributed by atoms with Crippen molar-refractivity contribution < 1.29 is 0 Å². The highest BCUT2D eigenvalue weighted by molar-refractivity contribution is 5.36. The zero-order valence-electron chi connectivity index (χ0n) is 14.4. The molecule has 1 fully saturated rings. The van der Waals surface area contributed by atoms with Gasteiger partial charge in [-0.2, -0.15) is 5.10 Å². The number of hydrogen-bond acceptors (Lipinski definition) is 5. The highest BCUT2D eigenvalue weighted by Crippen LogP contribution is 2.23. The van der Waals surface area contributed by atoms with Gasteiger partial charge in [0.25, 0.3) is 0 Å². The predicted molar refractivity (Wildman–Crippen MR) is 93.9 cm³/mol.